The summed E-state index contributed by atoms with van der Waals surface area (Å²) in [5, 5.41) is 9.45. The second-order valence-corrected chi connectivity index (χ2v) is 7.25. The van der Waals surface area contributed by atoms with Gasteiger partial charge in [-0.3, -0.25) is 0 Å². The average Bonchev–Trinajstić information content (AvgIpc) is 2.54. The summed E-state index contributed by atoms with van der Waals surface area (Å²) in [4.78, 5) is 11.5. The first-order valence-electron chi connectivity index (χ1n) is 6.57. The minimum absolute atomic E-state index is 0.0832. The summed E-state index contributed by atoms with van der Waals surface area (Å²) in [6.45, 7) is 0. The van der Waals surface area contributed by atoms with Crippen molar-refractivity contribution in [3.63, 3.8) is 0 Å². The number of benzene rings is 2. The molecule has 0 unspecified atom stereocenters. The molecular weight excluding hydrogens is 402 g/mol. The predicted molar refractivity (Wildman–Crippen MR) is 91.4 cm³/mol. The van der Waals surface area contributed by atoms with E-state index in [0.717, 1.165) is 0 Å². The van der Waals surface area contributed by atoms with Gasteiger partial charge in [0.1, 0.15) is 0 Å². The van der Waals surface area contributed by atoms with Crippen molar-refractivity contribution in [2.45, 2.75) is 4.90 Å². The zero-order valence-electron chi connectivity index (χ0n) is 12.8. The predicted octanol–water partition coefficient (Wildman–Crippen LogP) is 3.34. The highest BCUT2D eigenvalue weighted by Crippen LogP contribution is 2.34. The van der Waals surface area contributed by atoms with Crippen LogP contribution in [-0.4, -0.2) is 33.8 Å². The van der Waals surface area contributed by atoms with Gasteiger partial charge in [-0.1, -0.05) is 22.0 Å². The Morgan fingerprint density at radius 3 is 2.29 bits per heavy atom. The highest BCUT2D eigenvalue weighted by molar-refractivity contribution is 9.10. The maximum Gasteiger partial charge on any atom is 0.426 e. The van der Waals surface area contributed by atoms with E-state index in [1.54, 1.807) is 6.07 Å². The number of rotatable bonds is 5. The average molecular weight is 416 g/mol. The molecule has 0 fully saturated rings. The van der Waals surface area contributed by atoms with Crippen LogP contribution in [0.1, 0.15) is 0 Å². The van der Waals surface area contributed by atoms with E-state index in [0.29, 0.717) is 10.2 Å². The minimum atomic E-state index is -4.31. The number of carbonyl (C=O) groups is 1. The molecule has 0 spiro atoms. The minimum Gasteiger partial charge on any atom is -0.493 e. The van der Waals surface area contributed by atoms with Crippen LogP contribution >= 0.6 is 15.9 Å². The molecule has 2 aromatic carbocycles. The Labute approximate surface area is 147 Å². The van der Waals surface area contributed by atoms with E-state index in [4.69, 9.17) is 9.47 Å². The number of hydrogen-bond acceptors (Lipinski definition) is 5. The van der Waals surface area contributed by atoms with Crippen LogP contribution in [-0.2, 0) is 10.0 Å². The SMILES string of the molecule is COc1ccc(N(C(=O)O)S(=O)(=O)c2cccc(Br)c2)cc1OC. The number of methoxy groups -OCH3 is 2. The maximum atomic E-state index is 12.7. The van der Waals surface area contributed by atoms with E-state index in [2.05, 4.69) is 15.9 Å². The lowest BCUT2D eigenvalue weighted by molar-refractivity contribution is 0.206. The van der Waals surface area contributed by atoms with Crippen molar-refractivity contribution in [2.24, 2.45) is 0 Å². The first-order chi connectivity index (χ1) is 11.3. The van der Waals surface area contributed by atoms with Crippen LogP contribution in [0.3, 0.4) is 0 Å². The quantitative estimate of drug-likeness (QED) is 0.804. The van der Waals surface area contributed by atoms with Crippen LogP contribution in [0.5, 0.6) is 11.5 Å². The summed E-state index contributed by atoms with van der Waals surface area (Å²) >= 11 is 3.17. The van der Waals surface area contributed by atoms with Gasteiger partial charge in [0.05, 0.1) is 24.8 Å². The molecule has 0 saturated carbocycles. The van der Waals surface area contributed by atoms with Gasteiger partial charge in [-0.25, -0.2) is 13.2 Å². The lowest BCUT2D eigenvalue weighted by Gasteiger charge is -2.20. The Bertz CT molecular complexity index is 868. The summed E-state index contributed by atoms with van der Waals surface area (Å²) < 4.78 is 36.4. The highest BCUT2D eigenvalue weighted by Gasteiger charge is 2.31. The highest BCUT2D eigenvalue weighted by atomic mass is 79.9. The van der Waals surface area contributed by atoms with Crippen molar-refractivity contribution in [2.75, 3.05) is 18.5 Å². The first kappa shape index (κ1) is 18.1. The Kier molecular flexibility index (Phi) is 5.35. The number of hydrogen-bond donors (Lipinski definition) is 1. The van der Waals surface area contributed by atoms with E-state index in [9.17, 15) is 18.3 Å². The van der Waals surface area contributed by atoms with E-state index in [1.807, 2.05) is 0 Å². The van der Waals surface area contributed by atoms with Crippen molar-refractivity contribution in [3.05, 3.63) is 46.9 Å². The fraction of sp³-hybridized carbons (Fsp3) is 0.133. The van der Waals surface area contributed by atoms with E-state index >= 15 is 0 Å². The van der Waals surface area contributed by atoms with Gasteiger partial charge in [0.25, 0.3) is 10.0 Å². The van der Waals surface area contributed by atoms with Gasteiger partial charge in [0, 0.05) is 10.5 Å². The second-order valence-electron chi connectivity index (χ2n) is 4.55. The van der Waals surface area contributed by atoms with E-state index in [1.165, 1.54) is 50.6 Å². The molecule has 2 aromatic rings. The Balaban J connectivity index is 2.60. The van der Waals surface area contributed by atoms with Crippen LogP contribution in [0.2, 0.25) is 0 Å². The largest absolute Gasteiger partial charge is 0.493 e. The summed E-state index contributed by atoms with van der Waals surface area (Å²) in [5.41, 5.74) is -0.0832. The fourth-order valence-electron chi connectivity index (χ4n) is 2.04. The molecule has 0 atom stereocenters. The van der Waals surface area contributed by atoms with Gasteiger partial charge in [0.2, 0.25) is 0 Å². The Morgan fingerprint density at radius 2 is 1.75 bits per heavy atom. The normalized spacial score (nSPS) is 11.0. The molecule has 0 radical (unpaired) electrons. The third-order valence-corrected chi connectivity index (χ3v) is 5.30. The van der Waals surface area contributed by atoms with Gasteiger partial charge in [-0.2, -0.15) is 4.31 Å². The first-order valence-corrected chi connectivity index (χ1v) is 8.80. The standard InChI is InChI=1S/C15H14BrNO6S/c1-22-13-7-6-11(9-14(13)23-2)17(15(18)19)24(20,21)12-5-3-4-10(16)8-12/h3-9H,1-2H3,(H,18,19). The third-order valence-electron chi connectivity index (χ3n) is 3.11. The number of amides is 1. The van der Waals surface area contributed by atoms with Gasteiger partial charge in [-0.15, -0.1) is 0 Å². The van der Waals surface area contributed by atoms with E-state index in [-0.39, 0.29) is 20.6 Å². The van der Waals surface area contributed by atoms with Gasteiger partial charge in [0.15, 0.2) is 11.5 Å². The molecule has 0 bridgehead atoms. The summed E-state index contributed by atoms with van der Waals surface area (Å²) in [7, 11) is -1.52. The molecule has 0 heterocycles. The Morgan fingerprint density at radius 1 is 1.08 bits per heavy atom. The fourth-order valence-corrected chi connectivity index (χ4v) is 3.92. The Hall–Kier alpha value is -2.26. The summed E-state index contributed by atoms with van der Waals surface area (Å²) in [6, 6.07) is 9.82. The van der Waals surface area contributed by atoms with Crippen molar-refractivity contribution < 1.29 is 27.8 Å². The molecule has 2 rings (SSSR count). The molecule has 0 aliphatic carbocycles. The number of carboxylic acid groups (broad SMARTS) is 1. The van der Waals surface area contributed by atoms with Crippen LogP contribution in [0.25, 0.3) is 0 Å². The summed E-state index contributed by atoms with van der Waals surface area (Å²) in [5.74, 6) is 0.567. The van der Waals surface area contributed by atoms with E-state index < -0.39 is 16.1 Å². The molecular formula is C15H14BrNO6S. The van der Waals surface area contributed by atoms with Crippen LogP contribution in [0.15, 0.2) is 51.8 Å². The maximum absolute atomic E-state index is 12.7. The molecule has 0 aromatic heterocycles. The molecule has 0 aliphatic heterocycles. The van der Waals surface area contributed by atoms with Crippen molar-refractivity contribution in [3.8, 4) is 11.5 Å². The van der Waals surface area contributed by atoms with Crippen LogP contribution in [0.4, 0.5) is 10.5 Å². The molecule has 0 aliphatic rings. The summed E-state index contributed by atoms with van der Waals surface area (Å²) in [6.07, 6.45) is -1.64. The smallest absolute Gasteiger partial charge is 0.426 e. The lowest BCUT2D eigenvalue weighted by Crippen LogP contribution is -2.35. The molecule has 1 N–H and O–H groups in total. The number of anilines is 1. The third kappa shape index (κ3) is 3.46. The van der Waals surface area contributed by atoms with Gasteiger partial charge >= 0.3 is 6.09 Å². The van der Waals surface area contributed by atoms with Crippen LogP contribution < -0.4 is 13.8 Å². The zero-order valence-corrected chi connectivity index (χ0v) is 15.2. The topological polar surface area (TPSA) is 93.1 Å². The number of halogens is 1. The molecule has 0 saturated heterocycles. The number of ether oxygens (including phenoxy) is 2. The lowest BCUT2D eigenvalue weighted by atomic mass is 10.3. The zero-order chi connectivity index (χ0) is 17.9. The van der Waals surface area contributed by atoms with Gasteiger partial charge in [-0.05, 0) is 30.3 Å². The number of sulfonamides is 1. The molecule has 128 valence electrons. The molecule has 1 amide bonds. The van der Waals surface area contributed by atoms with Crippen LogP contribution in [0, 0.1) is 0 Å². The van der Waals surface area contributed by atoms with Crippen molar-refractivity contribution >= 4 is 37.7 Å². The molecule has 9 heteroatoms. The van der Waals surface area contributed by atoms with Crippen molar-refractivity contribution in [1.82, 2.24) is 0 Å². The second kappa shape index (κ2) is 7.10. The molecule has 24 heavy (non-hydrogen) atoms. The number of nitrogens with zero attached hydrogens (tertiary/aromatic N) is 1. The molecule has 7 nitrogen and oxygen atoms in total. The van der Waals surface area contributed by atoms with Crippen molar-refractivity contribution in [1.29, 1.82) is 0 Å². The van der Waals surface area contributed by atoms with Gasteiger partial charge < -0.3 is 14.6 Å². The monoisotopic (exact) mass is 415 g/mol.